The summed E-state index contributed by atoms with van der Waals surface area (Å²) >= 11 is 0. The third-order valence-corrected chi connectivity index (χ3v) is 5.40. The summed E-state index contributed by atoms with van der Waals surface area (Å²) in [6.07, 6.45) is -2.26. The number of aromatic hydroxyl groups is 1. The van der Waals surface area contributed by atoms with Gasteiger partial charge in [0.15, 0.2) is 6.29 Å². The molecule has 0 aromatic heterocycles. The summed E-state index contributed by atoms with van der Waals surface area (Å²) in [5.74, 6) is 1.36. The Hall–Kier alpha value is -3.00. The van der Waals surface area contributed by atoms with E-state index in [1.54, 1.807) is 39.2 Å². The lowest BCUT2D eigenvalue weighted by atomic mass is 9.97. The predicted octanol–water partition coefficient (Wildman–Crippen LogP) is 4.96. The monoisotopic (exact) mass is 456 g/mol. The minimum Gasteiger partial charge on any atom is -0.507 e. The molecule has 0 radical (unpaired) electrons. The van der Waals surface area contributed by atoms with E-state index in [4.69, 9.17) is 23.7 Å². The summed E-state index contributed by atoms with van der Waals surface area (Å²) in [6.45, 7) is 6.19. The quantitative estimate of drug-likeness (QED) is 0.394. The molecule has 2 N–H and O–H groups in total. The lowest BCUT2D eigenvalue weighted by Gasteiger charge is -2.25. The Morgan fingerprint density at radius 1 is 0.939 bits per heavy atom. The van der Waals surface area contributed by atoms with Crippen LogP contribution in [-0.2, 0) is 16.1 Å². The number of phenols is 1. The van der Waals surface area contributed by atoms with Crippen LogP contribution in [0.5, 0.6) is 23.0 Å². The van der Waals surface area contributed by atoms with Crippen LogP contribution in [0, 0.1) is 0 Å². The summed E-state index contributed by atoms with van der Waals surface area (Å²) in [4.78, 5) is 0. The molecule has 178 valence electrons. The van der Waals surface area contributed by atoms with Crippen molar-refractivity contribution in [3.05, 3.63) is 59.7 Å². The topological polar surface area (TPSA) is 86.6 Å². The van der Waals surface area contributed by atoms with E-state index in [9.17, 15) is 10.2 Å². The smallest absolute Gasteiger partial charge is 0.155 e. The van der Waals surface area contributed by atoms with Crippen LogP contribution in [0.2, 0.25) is 0 Å². The Morgan fingerprint density at radius 2 is 1.61 bits per heavy atom. The molecule has 7 nitrogen and oxygen atoms in total. The van der Waals surface area contributed by atoms with Gasteiger partial charge in [-0.3, -0.25) is 0 Å². The molecule has 0 aliphatic carbocycles. The first-order chi connectivity index (χ1) is 15.9. The molecule has 0 bridgehead atoms. The summed E-state index contributed by atoms with van der Waals surface area (Å²) in [7, 11) is 3.07. The fourth-order valence-electron chi connectivity index (χ4n) is 3.74. The third kappa shape index (κ3) is 5.68. The molecule has 0 aliphatic heterocycles. The average Bonchev–Trinajstić information content (AvgIpc) is 2.83. The SMILES string of the molecule is CCOC(C)O[C@H](C)[C@@H](O)c1cc(OC)c2c(OC)cc(OCc3ccccc3)cc2c1O. The van der Waals surface area contributed by atoms with Crippen LogP contribution in [0.25, 0.3) is 10.8 Å². The summed E-state index contributed by atoms with van der Waals surface area (Å²) in [5.41, 5.74) is 1.29. The highest BCUT2D eigenvalue weighted by atomic mass is 16.7. The van der Waals surface area contributed by atoms with Crippen molar-refractivity contribution in [2.24, 2.45) is 0 Å². The zero-order chi connectivity index (χ0) is 24.0. The second-order valence-electron chi connectivity index (χ2n) is 7.65. The Kier molecular flexibility index (Phi) is 8.38. The standard InChI is InChI=1S/C26H32O7/c1-6-31-17(3)33-16(2)25(27)21-14-23(30-5)24-20(26(21)28)12-19(13-22(24)29-4)32-15-18-10-8-7-9-11-18/h7-14,16-17,25,27-28H,6,15H2,1-5H3/t16-,17?,25-/m1/s1. The normalized spacial score (nSPS) is 14.0. The van der Waals surface area contributed by atoms with Crippen LogP contribution in [0.3, 0.4) is 0 Å². The molecule has 0 heterocycles. The van der Waals surface area contributed by atoms with Crippen LogP contribution in [0.15, 0.2) is 48.5 Å². The second-order valence-corrected chi connectivity index (χ2v) is 7.65. The molecule has 0 saturated carbocycles. The largest absolute Gasteiger partial charge is 0.507 e. The predicted molar refractivity (Wildman–Crippen MR) is 126 cm³/mol. The van der Waals surface area contributed by atoms with Crippen molar-refractivity contribution in [1.29, 1.82) is 0 Å². The molecule has 3 rings (SSSR count). The number of hydrogen-bond acceptors (Lipinski definition) is 7. The van der Waals surface area contributed by atoms with Crippen LogP contribution in [0.4, 0.5) is 0 Å². The number of hydrogen-bond donors (Lipinski definition) is 2. The maximum Gasteiger partial charge on any atom is 0.155 e. The van der Waals surface area contributed by atoms with Gasteiger partial charge >= 0.3 is 0 Å². The highest BCUT2D eigenvalue weighted by Crippen LogP contribution is 2.46. The molecule has 7 heteroatoms. The van der Waals surface area contributed by atoms with Crippen LogP contribution in [-0.4, -0.2) is 43.4 Å². The number of rotatable bonds is 11. The van der Waals surface area contributed by atoms with Crippen LogP contribution < -0.4 is 14.2 Å². The number of ether oxygens (including phenoxy) is 5. The number of methoxy groups -OCH3 is 2. The lowest BCUT2D eigenvalue weighted by molar-refractivity contribution is -0.176. The zero-order valence-corrected chi connectivity index (χ0v) is 19.7. The minimum atomic E-state index is -1.12. The Balaban J connectivity index is 2.01. The second kappa shape index (κ2) is 11.2. The van der Waals surface area contributed by atoms with Crippen molar-refractivity contribution in [3.63, 3.8) is 0 Å². The molecule has 3 atom stereocenters. The van der Waals surface area contributed by atoms with Gasteiger partial charge in [0.25, 0.3) is 0 Å². The highest BCUT2D eigenvalue weighted by Gasteiger charge is 2.26. The third-order valence-electron chi connectivity index (χ3n) is 5.40. The van der Waals surface area contributed by atoms with E-state index in [-0.39, 0.29) is 11.3 Å². The fourth-order valence-corrected chi connectivity index (χ4v) is 3.74. The van der Waals surface area contributed by atoms with Gasteiger partial charge in [0, 0.05) is 23.6 Å². The van der Waals surface area contributed by atoms with E-state index in [1.807, 2.05) is 37.3 Å². The van der Waals surface area contributed by atoms with E-state index in [2.05, 4.69) is 0 Å². The van der Waals surface area contributed by atoms with E-state index >= 15 is 0 Å². The van der Waals surface area contributed by atoms with Crippen molar-refractivity contribution in [2.45, 2.75) is 45.9 Å². The van der Waals surface area contributed by atoms with Crippen molar-refractivity contribution < 1.29 is 33.9 Å². The maximum absolute atomic E-state index is 11.1. The Bertz CT molecular complexity index is 1050. The average molecular weight is 457 g/mol. The van der Waals surface area contributed by atoms with Gasteiger partial charge in [-0.15, -0.1) is 0 Å². The first-order valence-corrected chi connectivity index (χ1v) is 10.9. The molecule has 33 heavy (non-hydrogen) atoms. The minimum absolute atomic E-state index is 0.0960. The van der Waals surface area contributed by atoms with E-state index in [0.29, 0.717) is 41.2 Å². The highest BCUT2D eigenvalue weighted by molar-refractivity contribution is 6.00. The van der Waals surface area contributed by atoms with Crippen molar-refractivity contribution in [1.82, 2.24) is 0 Å². The van der Waals surface area contributed by atoms with Gasteiger partial charge in [-0.25, -0.2) is 0 Å². The lowest BCUT2D eigenvalue weighted by Crippen LogP contribution is -2.25. The van der Waals surface area contributed by atoms with Crippen molar-refractivity contribution in [2.75, 3.05) is 20.8 Å². The van der Waals surface area contributed by atoms with Gasteiger partial charge in [0.1, 0.15) is 35.7 Å². The molecule has 0 amide bonds. The first-order valence-electron chi connectivity index (χ1n) is 10.9. The molecular weight excluding hydrogens is 424 g/mol. The molecule has 1 unspecified atom stereocenters. The summed E-state index contributed by atoms with van der Waals surface area (Å²) in [5, 5.41) is 23.1. The molecule has 0 spiro atoms. The molecule has 0 aliphatic rings. The number of fused-ring (bicyclic) bond motifs is 1. The van der Waals surface area contributed by atoms with Gasteiger partial charge in [-0.2, -0.15) is 0 Å². The molecular formula is C26H32O7. The van der Waals surface area contributed by atoms with Gasteiger partial charge in [-0.05, 0) is 38.5 Å². The van der Waals surface area contributed by atoms with Gasteiger partial charge in [0.2, 0.25) is 0 Å². The molecule has 3 aromatic rings. The maximum atomic E-state index is 11.1. The van der Waals surface area contributed by atoms with E-state index in [0.717, 1.165) is 5.56 Å². The summed E-state index contributed by atoms with van der Waals surface area (Å²) < 4.78 is 28.2. The van der Waals surface area contributed by atoms with Crippen molar-refractivity contribution >= 4 is 10.8 Å². The van der Waals surface area contributed by atoms with Crippen LogP contribution in [0.1, 0.15) is 38.0 Å². The van der Waals surface area contributed by atoms with Gasteiger partial charge < -0.3 is 33.9 Å². The Morgan fingerprint density at radius 3 is 2.24 bits per heavy atom. The number of benzene rings is 3. The van der Waals surface area contributed by atoms with Gasteiger partial charge in [0.05, 0.1) is 25.7 Å². The number of phenolic OH excluding ortho intramolecular Hbond substituents is 1. The number of aliphatic hydroxyl groups is 1. The van der Waals surface area contributed by atoms with Crippen molar-refractivity contribution in [3.8, 4) is 23.0 Å². The first kappa shape index (κ1) is 24.6. The van der Waals surface area contributed by atoms with Gasteiger partial charge in [-0.1, -0.05) is 30.3 Å². The van der Waals surface area contributed by atoms with Crippen LogP contribution >= 0.6 is 0 Å². The zero-order valence-electron chi connectivity index (χ0n) is 19.7. The molecule has 0 fully saturated rings. The fraction of sp³-hybridized carbons (Fsp3) is 0.385. The van der Waals surface area contributed by atoms with E-state index < -0.39 is 18.5 Å². The molecule has 0 saturated heterocycles. The van der Waals surface area contributed by atoms with E-state index in [1.165, 1.54) is 7.11 Å². The summed E-state index contributed by atoms with van der Waals surface area (Å²) in [6, 6.07) is 14.8. The Labute approximate surface area is 194 Å². The molecule has 3 aromatic carbocycles. The number of aliphatic hydroxyl groups excluding tert-OH is 1.